The smallest absolute Gasteiger partial charge is 0.404 e. The lowest BCUT2D eigenvalue weighted by Gasteiger charge is -2.23. The van der Waals surface area contributed by atoms with Gasteiger partial charge in [-0.2, -0.15) is 0 Å². The molecule has 3 rings (SSSR count). The Morgan fingerprint density at radius 3 is 1.97 bits per heavy atom. The molecule has 0 spiro atoms. The van der Waals surface area contributed by atoms with Gasteiger partial charge in [-0.25, -0.2) is 4.57 Å². The lowest BCUT2D eigenvalue weighted by molar-refractivity contribution is 0.115. The zero-order chi connectivity index (χ0) is 26.0. The average molecular weight is 533 g/mol. The minimum absolute atomic E-state index is 0.0577. The third-order valence-electron chi connectivity index (χ3n) is 6.79. The molecule has 0 fully saturated rings. The predicted molar refractivity (Wildman–Crippen MR) is 152 cm³/mol. The van der Waals surface area contributed by atoms with Crippen LogP contribution >= 0.6 is 19.2 Å². The van der Waals surface area contributed by atoms with Gasteiger partial charge in [-0.1, -0.05) is 78.4 Å². The quantitative estimate of drug-likeness (QED) is 0.136. The molecule has 7 heteroatoms. The first-order valence-corrected chi connectivity index (χ1v) is 15.7. The minimum Gasteiger partial charge on any atom is -0.404 e. The van der Waals surface area contributed by atoms with Crippen LogP contribution in [0.3, 0.4) is 0 Å². The van der Waals surface area contributed by atoms with Gasteiger partial charge in [-0.15, -0.1) is 11.3 Å². The highest BCUT2D eigenvalue weighted by atomic mass is 32.1. The van der Waals surface area contributed by atoms with Crippen LogP contribution in [-0.4, -0.2) is 13.2 Å². The van der Waals surface area contributed by atoms with Crippen LogP contribution in [0.2, 0.25) is 0 Å². The van der Waals surface area contributed by atoms with Gasteiger partial charge in [0.1, 0.15) is 5.75 Å². The average Bonchev–Trinajstić information content (AvgIpc) is 2.89. The summed E-state index contributed by atoms with van der Waals surface area (Å²) in [6.45, 7) is 9.23. The number of hydrogen-bond acceptors (Lipinski definition) is 6. The summed E-state index contributed by atoms with van der Waals surface area (Å²) in [7, 11) is -3.88. The summed E-state index contributed by atoms with van der Waals surface area (Å²) in [6.07, 6.45) is 8.36. The van der Waals surface area contributed by atoms with Crippen LogP contribution in [0.25, 0.3) is 20.2 Å². The van der Waals surface area contributed by atoms with E-state index >= 15 is 0 Å². The minimum atomic E-state index is -3.88. The molecule has 0 saturated heterocycles. The highest BCUT2D eigenvalue weighted by molar-refractivity contribution is 7.48. The Labute approximate surface area is 219 Å². The molecule has 0 saturated carbocycles. The van der Waals surface area contributed by atoms with Gasteiger partial charge in [0.05, 0.1) is 13.2 Å². The molecular formula is C29H41O5PS. The first-order chi connectivity index (χ1) is 17.4. The van der Waals surface area contributed by atoms with Gasteiger partial charge in [0.25, 0.3) is 0 Å². The Balaban J connectivity index is 1.85. The molecule has 36 heavy (non-hydrogen) atoms. The molecule has 0 aliphatic heterocycles. The summed E-state index contributed by atoms with van der Waals surface area (Å²) in [4.78, 5) is 13.1. The summed E-state index contributed by atoms with van der Waals surface area (Å²) in [6, 6.07) is 12.8. The third kappa shape index (κ3) is 7.89. The summed E-state index contributed by atoms with van der Waals surface area (Å²) in [5, 5.41) is 1.22. The number of phosphoric acid groups is 1. The van der Waals surface area contributed by atoms with Gasteiger partial charge in [0.2, 0.25) is 0 Å². The summed E-state index contributed by atoms with van der Waals surface area (Å²) < 4.78 is 33.5. The molecule has 0 amide bonds. The number of phosphoric ester groups is 1. The van der Waals surface area contributed by atoms with Crippen LogP contribution in [0.5, 0.6) is 5.75 Å². The largest absolute Gasteiger partial charge is 0.530 e. The van der Waals surface area contributed by atoms with Crippen LogP contribution in [0.15, 0.2) is 47.3 Å². The number of unbranched alkanes of at least 4 members (excludes halogenated alkanes) is 2. The van der Waals surface area contributed by atoms with Crippen molar-refractivity contribution >= 4 is 39.3 Å². The number of hydrogen-bond donors (Lipinski definition) is 0. The monoisotopic (exact) mass is 532 g/mol. The van der Waals surface area contributed by atoms with Gasteiger partial charge in [0.15, 0.2) is 5.43 Å². The fraction of sp³-hybridized carbons (Fsp3) is 0.552. The van der Waals surface area contributed by atoms with Gasteiger partial charge in [-0.05, 0) is 55.0 Å². The molecule has 5 nitrogen and oxygen atoms in total. The second kappa shape index (κ2) is 14.3. The zero-order valence-corrected chi connectivity index (χ0v) is 23.9. The van der Waals surface area contributed by atoms with Crippen molar-refractivity contribution in [3.8, 4) is 5.75 Å². The van der Waals surface area contributed by atoms with Crippen molar-refractivity contribution < 1.29 is 18.1 Å². The lowest BCUT2D eigenvalue weighted by Crippen LogP contribution is -2.14. The van der Waals surface area contributed by atoms with Crippen molar-refractivity contribution in [1.29, 1.82) is 0 Å². The van der Waals surface area contributed by atoms with Crippen molar-refractivity contribution in [2.24, 2.45) is 11.8 Å². The molecule has 198 valence electrons. The highest BCUT2D eigenvalue weighted by Crippen LogP contribution is 2.51. The number of fused-ring (bicyclic) bond motifs is 2. The molecule has 2 aromatic carbocycles. The van der Waals surface area contributed by atoms with E-state index in [0.29, 0.717) is 41.6 Å². The second-order valence-corrected chi connectivity index (χ2v) is 12.2. The van der Waals surface area contributed by atoms with Crippen LogP contribution in [0.1, 0.15) is 79.1 Å². The first-order valence-electron chi connectivity index (χ1n) is 13.5. The van der Waals surface area contributed by atoms with Gasteiger partial charge in [0, 0.05) is 20.2 Å². The van der Waals surface area contributed by atoms with Crippen LogP contribution in [0.4, 0.5) is 0 Å². The van der Waals surface area contributed by atoms with E-state index in [4.69, 9.17) is 13.6 Å². The van der Waals surface area contributed by atoms with E-state index in [1.54, 1.807) is 23.5 Å². The number of benzene rings is 2. The van der Waals surface area contributed by atoms with E-state index in [9.17, 15) is 9.36 Å². The van der Waals surface area contributed by atoms with Crippen LogP contribution < -0.4 is 9.95 Å². The Hall–Kier alpha value is -1.72. The SMILES string of the molecule is CCCCC(CC)COP(=O)(OCC(CC)CCCC)Oc1ccc2sc3ccccc3c(=O)c2c1. The van der Waals surface area contributed by atoms with Gasteiger partial charge < -0.3 is 4.52 Å². The molecule has 2 unspecified atom stereocenters. The van der Waals surface area contributed by atoms with Crippen molar-refractivity contribution in [2.75, 3.05) is 13.2 Å². The molecule has 0 aliphatic rings. The summed E-state index contributed by atoms with van der Waals surface area (Å²) in [5.41, 5.74) is -0.0577. The van der Waals surface area contributed by atoms with Crippen LogP contribution in [-0.2, 0) is 13.6 Å². The maximum absolute atomic E-state index is 13.9. The molecule has 0 aliphatic carbocycles. The molecule has 1 aromatic heterocycles. The van der Waals surface area contributed by atoms with E-state index in [2.05, 4.69) is 27.7 Å². The second-order valence-electron chi connectivity index (χ2n) is 9.55. The number of rotatable bonds is 16. The maximum atomic E-state index is 13.9. The fourth-order valence-corrected chi connectivity index (χ4v) is 6.64. The highest BCUT2D eigenvalue weighted by Gasteiger charge is 2.31. The van der Waals surface area contributed by atoms with E-state index in [0.717, 1.165) is 60.8 Å². The van der Waals surface area contributed by atoms with Crippen molar-refractivity contribution in [3.63, 3.8) is 0 Å². The molecule has 0 radical (unpaired) electrons. The van der Waals surface area contributed by atoms with Crippen LogP contribution in [0, 0.1) is 11.8 Å². The maximum Gasteiger partial charge on any atom is 0.530 e. The van der Waals surface area contributed by atoms with Crippen molar-refractivity contribution in [3.05, 3.63) is 52.7 Å². The molecule has 0 N–H and O–H groups in total. The normalized spacial score (nSPS) is 15.1. The van der Waals surface area contributed by atoms with Gasteiger partial charge in [-0.3, -0.25) is 13.8 Å². The van der Waals surface area contributed by atoms with E-state index in [-0.39, 0.29) is 5.43 Å². The predicted octanol–water partition coefficient (Wildman–Crippen LogP) is 9.37. The Kier molecular flexibility index (Phi) is 11.4. The Morgan fingerprint density at radius 1 is 0.806 bits per heavy atom. The summed E-state index contributed by atoms with van der Waals surface area (Å²) >= 11 is 1.55. The summed E-state index contributed by atoms with van der Waals surface area (Å²) in [5.74, 6) is 0.921. The topological polar surface area (TPSA) is 61.8 Å². The Bertz CT molecular complexity index is 1180. The third-order valence-corrected chi connectivity index (χ3v) is 9.30. The Morgan fingerprint density at radius 2 is 1.39 bits per heavy atom. The fourth-order valence-electron chi connectivity index (χ4n) is 4.25. The standard InChI is InChI=1S/C29H41O5PS/c1-5-9-13-22(7-3)20-32-35(31,33-21-23(8-4)14-10-6-2)34-24-17-18-28-26(19-24)29(30)25-15-11-12-16-27(25)36-28/h11-12,15-19,22-23H,5-10,13-14,20-21H2,1-4H3. The molecule has 0 bridgehead atoms. The van der Waals surface area contributed by atoms with Crippen molar-refractivity contribution in [2.45, 2.75) is 79.1 Å². The molecule has 2 atom stereocenters. The molecule has 1 heterocycles. The molecular weight excluding hydrogens is 491 g/mol. The van der Waals surface area contributed by atoms with E-state index in [1.807, 2.05) is 30.3 Å². The lowest BCUT2D eigenvalue weighted by atomic mass is 10.0. The molecule has 3 aromatic rings. The van der Waals surface area contributed by atoms with E-state index in [1.165, 1.54) is 0 Å². The van der Waals surface area contributed by atoms with E-state index < -0.39 is 7.82 Å². The van der Waals surface area contributed by atoms with Gasteiger partial charge >= 0.3 is 7.82 Å². The zero-order valence-electron chi connectivity index (χ0n) is 22.2. The van der Waals surface area contributed by atoms with Crippen molar-refractivity contribution in [1.82, 2.24) is 0 Å². The first kappa shape index (κ1) is 28.8.